The van der Waals surface area contributed by atoms with Crippen molar-refractivity contribution in [2.24, 2.45) is 0 Å². The summed E-state index contributed by atoms with van der Waals surface area (Å²) in [5.41, 5.74) is 1.50. The van der Waals surface area contributed by atoms with Crippen molar-refractivity contribution < 1.29 is 4.79 Å². The van der Waals surface area contributed by atoms with Gasteiger partial charge in [0.25, 0.3) is 11.5 Å². The molecule has 0 bridgehead atoms. The monoisotopic (exact) mass is 341 g/mol. The lowest BCUT2D eigenvalue weighted by atomic mass is 10.1. The predicted octanol–water partition coefficient (Wildman–Crippen LogP) is 3.63. The molecule has 0 aliphatic carbocycles. The number of carbonyl (C=O) groups excluding carboxylic acids is 1. The molecule has 0 spiro atoms. The lowest BCUT2D eigenvalue weighted by molar-refractivity contribution is 0.102. The Morgan fingerprint density at radius 2 is 1.92 bits per heavy atom. The fraction of sp³-hybridized carbons (Fsp3) is 0.167. The molecule has 0 aliphatic rings. The van der Waals surface area contributed by atoms with Crippen molar-refractivity contribution in [2.45, 2.75) is 20.4 Å². The van der Waals surface area contributed by atoms with E-state index < -0.39 is 5.91 Å². The van der Waals surface area contributed by atoms with Gasteiger partial charge in [-0.25, -0.2) is 4.68 Å². The van der Waals surface area contributed by atoms with Crippen molar-refractivity contribution in [2.75, 3.05) is 5.32 Å². The first-order valence-electron chi connectivity index (χ1n) is 7.58. The van der Waals surface area contributed by atoms with Crippen LogP contribution in [-0.4, -0.2) is 15.7 Å². The average Bonchev–Trinajstić information content (AvgIpc) is 2.58. The highest BCUT2D eigenvalue weighted by atomic mass is 35.5. The van der Waals surface area contributed by atoms with Gasteiger partial charge in [-0.1, -0.05) is 35.9 Å². The molecule has 1 aromatic heterocycles. The molecule has 0 aliphatic heterocycles. The number of fused-ring (bicyclic) bond motifs is 1. The maximum Gasteiger partial charge on any atom is 0.276 e. The number of aryl methyl sites for hydroxylation is 2. The number of hydrogen-bond donors (Lipinski definition) is 1. The van der Waals surface area contributed by atoms with E-state index in [0.29, 0.717) is 28.0 Å². The lowest BCUT2D eigenvalue weighted by Crippen LogP contribution is -2.27. The molecule has 3 rings (SSSR count). The van der Waals surface area contributed by atoms with Gasteiger partial charge in [-0.05, 0) is 37.6 Å². The summed E-state index contributed by atoms with van der Waals surface area (Å²) in [6.45, 7) is 4.11. The normalized spacial score (nSPS) is 10.8. The second-order valence-corrected chi connectivity index (χ2v) is 5.86. The van der Waals surface area contributed by atoms with Crippen LogP contribution < -0.4 is 10.9 Å². The zero-order chi connectivity index (χ0) is 17.3. The number of halogens is 1. The van der Waals surface area contributed by atoms with Crippen LogP contribution in [0.5, 0.6) is 0 Å². The Balaban J connectivity index is 2.10. The summed E-state index contributed by atoms with van der Waals surface area (Å²) >= 11 is 6.17. The average molecular weight is 342 g/mol. The van der Waals surface area contributed by atoms with E-state index in [-0.39, 0.29) is 11.3 Å². The summed E-state index contributed by atoms with van der Waals surface area (Å²) in [6, 6.07) is 12.3. The van der Waals surface area contributed by atoms with Gasteiger partial charge in [-0.3, -0.25) is 9.59 Å². The van der Waals surface area contributed by atoms with Crippen LogP contribution in [0.1, 0.15) is 23.0 Å². The molecule has 0 saturated heterocycles. The fourth-order valence-electron chi connectivity index (χ4n) is 2.52. The third kappa shape index (κ3) is 2.90. The molecule has 122 valence electrons. The number of amides is 1. The molecular formula is C18H16ClN3O2. The third-order valence-electron chi connectivity index (χ3n) is 3.76. The zero-order valence-electron chi connectivity index (χ0n) is 13.3. The maximum atomic E-state index is 12.7. The summed E-state index contributed by atoms with van der Waals surface area (Å²) in [7, 11) is 0. The molecule has 6 heteroatoms. The topological polar surface area (TPSA) is 64.0 Å². The Morgan fingerprint density at radius 3 is 2.58 bits per heavy atom. The van der Waals surface area contributed by atoms with E-state index in [2.05, 4.69) is 10.4 Å². The van der Waals surface area contributed by atoms with Crippen LogP contribution in [0.3, 0.4) is 0 Å². The van der Waals surface area contributed by atoms with Crippen LogP contribution >= 0.6 is 11.6 Å². The van der Waals surface area contributed by atoms with Crippen molar-refractivity contribution in [1.82, 2.24) is 9.78 Å². The number of carbonyl (C=O) groups is 1. The SMILES string of the molecule is CCn1nc(C(=O)Nc2ccc(C)cc2Cl)c2ccccc2c1=O. The molecule has 5 nitrogen and oxygen atoms in total. The molecular weight excluding hydrogens is 326 g/mol. The maximum absolute atomic E-state index is 12.7. The van der Waals surface area contributed by atoms with Crippen LogP contribution in [0.25, 0.3) is 10.8 Å². The van der Waals surface area contributed by atoms with E-state index in [4.69, 9.17) is 11.6 Å². The molecule has 1 amide bonds. The summed E-state index contributed by atoms with van der Waals surface area (Å²) in [5, 5.41) is 8.42. The van der Waals surface area contributed by atoms with Gasteiger partial charge in [0.1, 0.15) is 0 Å². The molecule has 2 aromatic carbocycles. The number of hydrogen-bond acceptors (Lipinski definition) is 3. The van der Waals surface area contributed by atoms with Crippen LogP contribution in [0.15, 0.2) is 47.3 Å². The molecule has 1 heterocycles. The summed E-state index contributed by atoms with van der Waals surface area (Å²) in [4.78, 5) is 25.0. The van der Waals surface area contributed by atoms with E-state index in [1.807, 2.05) is 19.9 Å². The van der Waals surface area contributed by atoms with Gasteiger partial charge in [-0.15, -0.1) is 0 Å². The number of nitrogens with zero attached hydrogens (tertiary/aromatic N) is 2. The van der Waals surface area contributed by atoms with Crippen molar-refractivity contribution in [1.29, 1.82) is 0 Å². The van der Waals surface area contributed by atoms with Crippen LogP contribution in [0.4, 0.5) is 5.69 Å². The van der Waals surface area contributed by atoms with Gasteiger partial charge in [0.2, 0.25) is 0 Å². The van der Waals surface area contributed by atoms with E-state index >= 15 is 0 Å². The first-order valence-corrected chi connectivity index (χ1v) is 7.96. The third-order valence-corrected chi connectivity index (χ3v) is 4.07. The number of anilines is 1. The predicted molar refractivity (Wildman–Crippen MR) is 95.8 cm³/mol. The summed E-state index contributed by atoms with van der Waals surface area (Å²) in [5.74, 6) is -0.404. The Labute approximate surface area is 143 Å². The largest absolute Gasteiger partial charge is 0.319 e. The minimum Gasteiger partial charge on any atom is -0.319 e. The molecule has 0 fully saturated rings. The standard InChI is InChI=1S/C18H16ClN3O2/c1-3-22-18(24)13-7-5-4-6-12(13)16(21-22)17(23)20-15-9-8-11(2)10-14(15)19/h4-10H,3H2,1-2H3,(H,20,23). The molecule has 0 unspecified atom stereocenters. The van der Waals surface area contributed by atoms with Crippen molar-refractivity contribution in [3.8, 4) is 0 Å². The highest BCUT2D eigenvalue weighted by Crippen LogP contribution is 2.24. The van der Waals surface area contributed by atoms with Crippen molar-refractivity contribution >= 4 is 34.0 Å². The van der Waals surface area contributed by atoms with Gasteiger partial charge < -0.3 is 5.32 Å². The molecule has 24 heavy (non-hydrogen) atoms. The number of rotatable bonds is 3. The number of aromatic nitrogens is 2. The Bertz CT molecular complexity index is 995. The Morgan fingerprint density at radius 1 is 1.21 bits per heavy atom. The van der Waals surface area contributed by atoms with E-state index in [1.165, 1.54) is 4.68 Å². The molecule has 1 N–H and O–H groups in total. The van der Waals surface area contributed by atoms with Gasteiger partial charge in [0.05, 0.1) is 16.1 Å². The van der Waals surface area contributed by atoms with E-state index in [0.717, 1.165) is 5.56 Å². The number of benzene rings is 2. The van der Waals surface area contributed by atoms with Gasteiger partial charge in [0, 0.05) is 11.9 Å². The fourth-order valence-corrected chi connectivity index (χ4v) is 2.80. The zero-order valence-corrected chi connectivity index (χ0v) is 14.1. The van der Waals surface area contributed by atoms with Gasteiger partial charge in [0.15, 0.2) is 5.69 Å². The Hall–Kier alpha value is -2.66. The second kappa shape index (κ2) is 6.45. The molecule has 0 atom stereocenters. The smallest absolute Gasteiger partial charge is 0.276 e. The van der Waals surface area contributed by atoms with Crippen LogP contribution in [0.2, 0.25) is 5.02 Å². The minimum atomic E-state index is -0.404. The second-order valence-electron chi connectivity index (χ2n) is 5.45. The van der Waals surface area contributed by atoms with Crippen molar-refractivity contribution in [3.63, 3.8) is 0 Å². The highest BCUT2D eigenvalue weighted by molar-refractivity contribution is 6.34. The molecule has 3 aromatic rings. The summed E-state index contributed by atoms with van der Waals surface area (Å²) < 4.78 is 1.29. The molecule has 0 radical (unpaired) electrons. The first-order chi connectivity index (χ1) is 11.5. The van der Waals surface area contributed by atoms with Crippen molar-refractivity contribution in [3.05, 3.63) is 69.1 Å². The first kappa shape index (κ1) is 16.2. The van der Waals surface area contributed by atoms with Gasteiger partial charge in [-0.2, -0.15) is 5.10 Å². The number of nitrogens with one attached hydrogen (secondary N) is 1. The van der Waals surface area contributed by atoms with Crippen LogP contribution in [-0.2, 0) is 6.54 Å². The van der Waals surface area contributed by atoms with Gasteiger partial charge >= 0.3 is 0 Å². The lowest BCUT2D eigenvalue weighted by Gasteiger charge is -2.11. The Kier molecular flexibility index (Phi) is 4.36. The quantitative estimate of drug-likeness (QED) is 0.791. The summed E-state index contributed by atoms with van der Waals surface area (Å²) in [6.07, 6.45) is 0. The van der Waals surface area contributed by atoms with E-state index in [1.54, 1.807) is 36.4 Å². The molecule has 0 saturated carbocycles. The highest BCUT2D eigenvalue weighted by Gasteiger charge is 2.17. The van der Waals surface area contributed by atoms with E-state index in [9.17, 15) is 9.59 Å². The van der Waals surface area contributed by atoms with Crippen LogP contribution in [0, 0.1) is 6.92 Å². The minimum absolute atomic E-state index is 0.198.